The number of nitrogens with one attached hydrogen (secondary N) is 3. The average molecular weight is 556 g/mol. The molecule has 200 valence electrons. The fraction of sp³-hybridized carbons (Fsp3) is 0.240. The molecule has 0 aliphatic carbocycles. The average Bonchev–Trinajstić information content (AvgIpc) is 3.44. The summed E-state index contributed by atoms with van der Waals surface area (Å²) in [4.78, 5) is 12.6. The number of hydrogen-bond acceptors (Lipinski definition) is 3. The number of hydrogen-bond donors (Lipinski definition) is 3. The number of aromatic nitrogens is 4. The summed E-state index contributed by atoms with van der Waals surface area (Å²) in [5.74, 6) is -1.28. The molecule has 0 radical (unpaired) electrons. The van der Waals surface area contributed by atoms with Gasteiger partial charge in [-0.1, -0.05) is 35.9 Å². The van der Waals surface area contributed by atoms with Crippen molar-refractivity contribution in [3.63, 3.8) is 0 Å². The minimum Gasteiger partial charge on any atom is -0.347 e. The number of rotatable bonds is 7. The molecule has 0 bridgehead atoms. The van der Waals surface area contributed by atoms with Crippen LogP contribution < -0.4 is 5.32 Å². The Bertz CT molecular complexity index is 1440. The van der Waals surface area contributed by atoms with Crippen LogP contribution in [0.25, 0.3) is 0 Å². The van der Waals surface area contributed by atoms with Crippen LogP contribution in [0.4, 0.5) is 26.3 Å². The molecule has 0 unspecified atom stereocenters. The van der Waals surface area contributed by atoms with Crippen LogP contribution in [0.3, 0.4) is 0 Å². The van der Waals surface area contributed by atoms with E-state index in [1.54, 1.807) is 30.5 Å². The van der Waals surface area contributed by atoms with Gasteiger partial charge in [0.1, 0.15) is 5.56 Å². The molecule has 6 nitrogen and oxygen atoms in total. The van der Waals surface area contributed by atoms with Crippen LogP contribution in [0.1, 0.15) is 55.3 Å². The van der Waals surface area contributed by atoms with Crippen LogP contribution in [0.5, 0.6) is 0 Å². The summed E-state index contributed by atoms with van der Waals surface area (Å²) in [7, 11) is 0. The van der Waals surface area contributed by atoms with E-state index in [0.717, 1.165) is 35.0 Å². The Kier molecular flexibility index (Phi) is 7.54. The van der Waals surface area contributed by atoms with E-state index in [9.17, 15) is 31.1 Å². The molecule has 0 aliphatic heterocycles. The number of aryl methyl sites for hydroxylation is 1. The molecule has 1 amide bonds. The minimum atomic E-state index is -4.94. The molecule has 0 fully saturated rings. The molecule has 2 aromatic heterocycles. The van der Waals surface area contributed by atoms with Crippen molar-refractivity contribution < 1.29 is 31.1 Å². The van der Waals surface area contributed by atoms with Gasteiger partial charge >= 0.3 is 12.4 Å². The maximum atomic E-state index is 13.9. The first-order valence-corrected chi connectivity index (χ1v) is 11.6. The summed E-state index contributed by atoms with van der Waals surface area (Å²) in [5, 5.41) is 14.7. The molecule has 2 heterocycles. The molecule has 0 aliphatic rings. The number of amides is 1. The minimum absolute atomic E-state index is 0.0222. The predicted molar refractivity (Wildman–Crippen MR) is 127 cm³/mol. The first-order valence-electron chi connectivity index (χ1n) is 11.2. The number of aromatic amines is 2. The molecule has 0 saturated heterocycles. The molecule has 4 rings (SSSR count). The van der Waals surface area contributed by atoms with E-state index in [-0.39, 0.29) is 17.1 Å². The van der Waals surface area contributed by atoms with Gasteiger partial charge < -0.3 is 5.32 Å². The van der Waals surface area contributed by atoms with Crippen LogP contribution in [-0.4, -0.2) is 26.3 Å². The molecule has 13 heteroatoms. The van der Waals surface area contributed by atoms with Crippen LogP contribution in [0, 0.1) is 6.92 Å². The number of alkyl halides is 6. The lowest BCUT2D eigenvalue weighted by Crippen LogP contribution is -2.27. The van der Waals surface area contributed by atoms with Gasteiger partial charge in [-0.15, -0.1) is 0 Å². The second-order valence-corrected chi connectivity index (χ2v) is 9.04. The van der Waals surface area contributed by atoms with Gasteiger partial charge in [-0.05, 0) is 47.4 Å². The first-order chi connectivity index (χ1) is 17.8. The van der Waals surface area contributed by atoms with E-state index in [0.29, 0.717) is 12.0 Å². The predicted octanol–water partition coefficient (Wildman–Crippen LogP) is 6.24. The molecule has 4 aromatic rings. The van der Waals surface area contributed by atoms with Crippen molar-refractivity contribution in [2.24, 2.45) is 0 Å². The first kappa shape index (κ1) is 27.2. The normalized spacial score (nSPS) is 12.1. The largest absolute Gasteiger partial charge is 0.420 e. The van der Waals surface area contributed by atoms with Crippen molar-refractivity contribution in [1.29, 1.82) is 0 Å². The van der Waals surface area contributed by atoms with Crippen molar-refractivity contribution in [3.8, 4) is 0 Å². The van der Waals surface area contributed by atoms with Gasteiger partial charge in [0.05, 0.1) is 17.5 Å². The molecular weight excluding hydrogens is 536 g/mol. The molecule has 2 aromatic carbocycles. The second kappa shape index (κ2) is 10.5. The Labute approximate surface area is 217 Å². The molecule has 0 saturated carbocycles. The summed E-state index contributed by atoms with van der Waals surface area (Å²) >= 11 is 5.77. The van der Waals surface area contributed by atoms with Gasteiger partial charge in [0.2, 0.25) is 0 Å². The number of benzene rings is 2. The third-order valence-corrected chi connectivity index (χ3v) is 6.11. The molecule has 38 heavy (non-hydrogen) atoms. The van der Waals surface area contributed by atoms with E-state index < -0.39 is 47.2 Å². The fourth-order valence-corrected chi connectivity index (χ4v) is 4.15. The summed E-state index contributed by atoms with van der Waals surface area (Å²) in [6.07, 6.45) is -7.63. The highest BCUT2D eigenvalue weighted by molar-refractivity contribution is 6.30. The standard InChI is InChI=1S/C25H20ClF6N5O/c1-13-11-34-35-19(13)8-14-2-4-15(5-3-14)9-20-21(25(30,31)32)22(37-36-20)23(38)33-12-16-10-17(26)6-7-18(16)24(27,28)29/h2-7,10-11H,8-9,12H2,1H3,(H,33,38)(H,34,35)(H,36,37). The van der Waals surface area contributed by atoms with E-state index in [4.69, 9.17) is 11.6 Å². The van der Waals surface area contributed by atoms with Crippen molar-refractivity contribution >= 4 is 17.5 Å². The Morgan fingerprint density at radius 1 is 0.921 bits per heavy atom. The van der Waals surface area contributed by atoms with E-state index in [1.807, 2.05) is 6.92 Å². The van der Waals surface area contributed by atoms with Gasteiger partial charge in [-0.2, -0.15) is 36.5 Å². The highest BCUT2D eigenvalue weighted by Gasteiger charge is 2.41. The third kappa shape index (κ3) is 6.18. The smallest absolute Gasteiger partial charge is 0.347 e. The van der Waals surface area contributed by atoms with Gasteiger partial charge in [0, 0.05) is 30.1 Å². The topological polar surface area (TPSA) is 86.5 Å². The lowest BCUT2D eigenvalue weighted by Gasteiger charge is -2.14. The zero-order valence-electron chi connectivity index (χ0n) is 19.7. The monoisotopic (exact) mass is 555 g/mol. The van der Waals surface area contributed by atoms with Gasteiger partial charge in [0.25, 0.3) is 5.91 Å². The van der Waals surface area contributed by atoms with Gasteiger partial charge in [-0.25, -0.2) is 0 Å². The Hall–Kier alpha value is -3.80. The lowest BCUT2D eigenvalue weighted by atomic mass is 10.0. The van der Waals surface area contributed by atoms with Gasteiger partial charge in [0.15, 0.2) is 5.69 Å². The van der Waals surface area contributed by atoms with Crippen LogP contribution in [-0.2, 0) is 31.7 Å². The highest BCUT2D eigenvalue weighted by atomic mass is 35.5. The Morgan fingerprint density at radius 2 is 1.55 bits per heavy atom. The van der Waals surface area contributed by atoms with Crippen molar-refractivity contribution in [2.75, 3.05) is 0 Å². The number of halogens is 7. The number of H-pyrrole nitrogens is 2. The third-order valence-electron chi connectivity index (χ3n) is 5.87. The zero-order valence-corrected chi connectivity index (χ0v) is 20.4. The maximum absolute atomic E-state index is 13.9. The molecule has 0 atom stereocenters. The van der Waals surface area contributed by atoms with Crippen molar-refractivity contribution in [1.82, 2.24) is 25.7 Å². The van der Waals surface area contributed by atoms with Crippen LogP contribution in [0.2, 0.25) is 5.02 Å². The second-order valence-electron chi connectivity index (χ2n) is 8.61. The van der Waals surface area contributed by atoms with Gasteiger partial charge in [-0.3, -0.25) is 15.0 Å². The summed E-state index contributed by atoms with van der Waals surface area (Å²) in [5.41, 5.74) is -0.702. The molecular formula is C25H20ClF6N5O. The molecule has 3 N–H and O–H groups in total. The van der Waals surface area contributed by atoms with E-state index >= 15 is 0 Å². The number of nitrogens with zero attached hydrogens (tertiary/aromatic N) is 2. The molecule has 0 spiro atoms. The maximum Gasteiger partial charge on any atom is 0.420 e. The van der Waals surface area contributed by atoms with E-state index in [2.05, 4.69) is 25.7 Å². The summed E-state index contributed by atoms with van der Waals surface area (Å²) < 4.78 is 81.6. The lowest BCUT2D eigenvalue weighted by molar-refractivity contribution is -0.139. The van der Waals surface area contributed by atoms with Crippen molar-refractivity contribution in [2.45, 2.75) is 38.7 Å². The van der Waals surface area contributed by atoms with E-state index in [1.165, 1.54) is 0 Å². The Morgan fingerprint density at radius 3 is 2.11 bits per heavy atom. The summed E-state index contributed by atoms with van der Waals surface area (Å²) in [6.45, 7) is 1.20. The highest BCUT2D eigenvalue weighted by Crippen LogP contribution is 2.36. The van der Waals surface area contributed by atoms with Crippen molar-refractivity contribution in [3.05, 3.63) is 104 Å². The summed E-state index contributed by atoms with van der Waals surface area (Å²) in [6, 6.07) is 9.63. The van der Waals surface area contributed by atoms with Crippen LogP contribution >= 0.6 is 11.6 Å². The fourth-order valence-electron chi connectivity index (χ4n) is 3.96. The van der Waals surface area contributed by atoms with Crippen LogP contribution in [0.15, 0.2) is 48.7 Å². The quantitative estimate of drug-likeness (QED) is 0.236. The Balaban J connectivity index is 1.52. The SMILES string of the molecule is Cc1cn[nH]c1Cc1ccc(Cc2[nH]nc(C(=O)NCc3cc(Cl)ccc3C(F)(F)F)c2C(F)(F)F)cc1. The number of carbonyl (C=O) groups is 1. The number of carbonyl (C=O) groups excluding carboxylic acids is 1. The zero-order chi connectivity index (χ0) is 27.7.